The van der Waals surface area contributed by atoms with Gasteiger partial charge in [0.1, 0.15) is 11.6 Å². The lowest BCUT2D eigenvalue weighted by Gasteiger charge is -2.30. The van der Waals surface area contributed by atoms with E-state index in [-0.39, 0.29) is 23.9 Å². The molecular formula is C22H24F2N4O2. The molecule has 0 spiro atoms. The van der Waals surface area contributed by atoms with E-state index in [9.17, 15) is 13.6 Å². The SMILES string of the molecule is O=C(Nc1ccccc1N1CCOCC1)NC1[C@H]2CN(c3ccc(F)cc3F)C[C@@H]12. The first-order valence-corrected chi connectivity index (χ1v) is 10.3. The minimum atomic E-state index is -0.575. The summed E-state index contributed by atoms with van der Waals surface area (Å²) < 4.78 is 32.6. The van der Waals surface area contributed by atoms with E-state index in [1.165, 1.54) is 12.1 Å². The first-order chi connectivity index (χ1) is 14.6. The summed E-state index contributed by atoms with van der Waals surface area (Å²) in [5, 5.41) is 6.04. The summed E-state index contributed by atoms with van der Waals surface area (Å²) in [4.78, 5) is 16.7. The van der Waals surface area contributed by atoms with E-state index in [2.05, 4.69) is 15.5 Å². The van der Waals surface area contributed by atoms with Crippen molar-refractivity contribution >= 4 is 23.1 Å². The van der Waals surface area contributed by atoms with Crippen LogP contribution in [0.3, 0.4) is 0 Å². The minimum absolute atomic E-state index is 0.0836. The van der Waals surface area contributed by atoms with E-state index in [0.717, 1.165) is 30.5 Å². The van der Waals surface area contributed by atoms with Gasteiger partial charge in [0.25, 0.3) is 0 Å². The van der Waals surface area contributed by atoms with Crippen LogP contribution >= 0.6 is 0 Å². The third-order valence-corrected chi connectivity index (χ3v) is 6.25. The van der Waals surface area contributed by atoms with Crippen molar-refractivity contribution in [1.82, 2.24) is 5.32 Å². The monoisotopic (exact) mass is 414 g/mol. The number of rotatable bonds is 4. The Kier molecular flexibility index (Phi) is 4.94. The molecule has 5 rings (SSSR count). The molecule has 1 unspecified atom stereocenters. The predicted octanol–water partition coefficient (Wildman–Crippen LogP) is 3.06. The first kappa shape index (κ1) is 19.1. The second-order valence-electron chi connectivity index (χ2n) is 8.07. The van der Waals surface area contributed by atoms with Crippen LogP contribution in [0.5, 0.6) is 0 Å². The summed E-state index contributed by atoms with van der Waals surface area (Å²) in [6, 6.07) is 11.3. The molecule has 3 aliphatic rings. The second-order valence-corrected chi connectivity index (χ2v) is 8.07. The largest absolute Gasteiger partial charge is 0.378 e. The van der Waals surface area contributed by atoms with E-state index in [1.807, 2.05) is 29.2 Å². The summed E-state index contributed by atoms with van der Waals surface area (Å²) in [6.45, 7) is 4.25. The third kappa shape index (κ3) is 3.67. The molecule has 30 heavy (non-hydrogen) atoms. The van der Waals surface area contributed by atoms with E-state index < -0.39 is 11.6 Å². The minimum Gasteiger partial charge on any atom is -0.378 e. The van der Waals surface area contributed by atoms with Crippen LogP contribution in [0, 0.1) is 23.5 Å². The molecule has 3 fully saturated rings. The Balaban J connectivity index is 1.17. The van der Waals surface area contributed by atoms with Gasteiger partial charge in [0, 0.05) is 50.1 Å². The van der Waals surface area contributed by atoms with Crippen molar-refractivity contribution in [2.75, 3.05) is 54.5 Å². The number of benzene rings is 2. The van der Waals surface area contributed by atoms with Crippen molar-refractivity contribution in [2.24, 2.45) is 11.8 Å². The standard InChI is InChI=1S/C22H24F2N4O2/c23-14-5-6-19(17(24)11-14)28-12-15-16(13-28)21(15)26-22(29)25-18-3-1-2-4-20(18)27-7-9-30-10-8-27/h1-6,11,15-16,21H,7-10,12-13H2,(H2,25,26,29)/t15-,16+,21?. The fourth-order valence-corrected chi connectivity index (χ4v) is 4.64. The number of hydrogen-bond acceptors (Lipinski definition) is 4. The van der Waals surface area contributed by atoms with Gasteiger partial charge in [0.05, 0.1) is 30.3 Å². The van der Waals surface area contributed by atoms with Gasteiger partial charge in [-0.25, -0.2) is 13.6 Å². The molecule has 8 heteroatoms. The maximum Gasteiger partial charge on any atom is 0.319 e. The van der Waals surface area contributed by atoms with Crippen molar-refractivity contribution in [3.8, 4) is 0 Å². The van der Waals surface area contributed by atoms with Gasteiger partial charge in [-0.1, -0.05) is 12.1 Å². The summed E-state index contributed by atoms with van der Waals surface area (Å²) in [7, 11) is 0. The molecule has 0 bridgehead atoms. The molecule has 1 saturated carbocycles. The number of halogens is 2. The molecular weight excluding hydrogens is 390 g/mol. The van der Waals surface area contributed by atoms with Gasteiger partial charge in [0.2, 0.25) is 0 Å². The number of morpholine rings is 1. The highest BCUT2D eigenvalue weighted by Gasteiger charge is 2.56. The zero-order chi connectivity index (χ0) is 20.7. The molecule has 0 radical (unpaired) electrons. The average molecular weight is 414 g/mol. The summed E-state index contributed by atoms with van der Waals surface area (Å²) >= 11 is 0. The Morgan fingerprint density at radius 3 is 2.43 bits per heavy atom. The van der Waals surface area contributed by atoms with E-state index in [4.69, 9.17) is 4.74 Å². The molecule has 2 amide bonds. The van der Waals surface area contributed by atoms with Crippen LogP contribution in [0.4, 0.5) is 30.6 Å². The van der Waals surface area contributed by atoms with Crippen LogP contribution in [0.1, 0.15) is 0 Å². The number of piperidine rings is 1. The highest BCUT2D eigenvalue weighted by molar-refractivity contribution is 5.93. The summed E-state index contributed by atoms with van der Waals surface area (Å²) in [5.41, 5.74) is 2.19. The quantitative estimate of drug-likeness (QED) is 0.808. The number of ether oxygens (including phenoxy) is 1. The van der Waals surface area contributed by atoms with Crippen molar-refractivity contribution < 1.29 is 18.3 Å². The maximum absolute atomic E-state index is 14.0. The van der Waals surface area contributed by atoms with Crippen LogP contribution < -0.4 is 20.4 Å². The van der Waals surface area contributed by atoms with Crippen molar-refractivity contribution in [2.45, 2.75) is 6.04 Å². The van der Waals surface area contributed by atoms with Gasteiger partial charge in [-0.15, -0.1) is 0 Å². The van der Waals surface area contributed by atoms with Crippen molar-refractivity contribution in [3.05, 3.63) is 54.1 Å². The summed E-state index contributed by atoms with van der Waals surface area (Å²) in [6.07, 6.45) is 0. The van der Waals surface area contributed by atoms with Gasteiger partial charge < -0.3 is 25.2 Å². The number of carbonyl (C=O) groups is 1. The molecule has 2 aliphatic heterocycles. The number of anilines is 3. The van der Waals surface area contributed by atoms with Crippen LogP contribution in [0.2, 0.25) is 0 Å². The van der Waals surface area contributed by atoms with E-state index >= 15 is 0 Å². The second kappa shape index (κ2) is 7.75. The number of nitrogens with zero attached hydrogens (tertiary/aromatic N) is 2. The van der Waals surface area contributed by atoms with Gasteiger partial charge in [0.15, 0.2) is 0 Å². The summed E-state index contributed by atoms with van der Waals surface area (Å²) in [5.74, 6) is -0.545. The highest BCUT2D eigenvalue weighted by Crippen LogP contribution is 2.47. The number of fused-ring (bicyclic) bond motifs is 1. The Hall–Kier alpha value is -2.87. The molecule has 2 aromatic rings. The Morgan fingerprint density at radius 2 is 1.70 bits per heavy atom. The molecule has 0 aromatic heterocycles. The average Bonchev–Trinajstić information content (AvgIpc) is 3.17. The number of nitrogens with one attached hydrogen (secondary N) is 2. The Labute approximate surface area is 173 Å². The van der Waals surface area contributed by atoms with Crippen molar-refractivity contribution in [3.63, 3.8) is 0 Å². The first-order valence-electron chi connectivity index (χ1n) is 10.3. The maximum atomic E-state index is 14.0. The fourth-order valence-electron chi connectivity index (χ4n) is 4.64. The van der Waals surface area contributed by atoms with Crippen LogP contribution in [-0.2, 0) is 4.74 Å². The molecule has 158 valence electrons. The lowest BCUT2D eigenvalue weighted by Crippen LogP contribution is -2.39. The molecule has 6 nitrogen and oxygen atoms in total. The third-order valence-electron chi connectivity index (χ3n) is 6.25. The molecule has 2 N–H and O–H groups in total. The zero-order valence-electron chi connectivity index (χ0n) is 16.5. The van der Waals surface area contributed by atoms with Gasteiger partial charge in [-0.05, 0) is 24.3 Å². The zero-order valence-corrected chi connectivity index (χ0v) is 16.5. The van der Waals surface area contributed by atoms with Gasteiger partial charge in [-0.3, -0.25) is 0 Å². The number of para-hydroxylation sites is 2. The molecule has 2 saturated heterocycles. The lowest BCUT2D eigenvalue weighted by atomic mass is 10.2. The smallest absolute Gasteiger partial charge is 0.319 e. The van der Waals surface area contributed by atoms with E-state index in [1.54, 1.807) is 0 Å². The number of hydrogen-bond donors (Lipinski definition) is 2. The molecule has 1 aliphatic carbocycles. The predicted molar refractivity (Wildman–Crippen MR) is 111 cm³/mol. The van der Waals surface area contributed by atoms with E-state index in [0.29, 0.717) is 32.0 Å². The normalized spacial score (nSPS) is 25.1. The topological polar surface area (TPSA) is 56.8 Å². The number of amides is 2. The Bertz CT molecular complexity index is 938. The number of carbonyl (C=O) groups excluding carboxylic acids is 1. The van der Waals surface area contributed by atoms with Crippen LogP contribution in [0.25, 0.3) is 0 Å². The van der Waals surface area contributed by atoms with Crippen LogP contribution in [-0.4, -0.2) is 51.5 Å². The van der Waals surface area contributed by atoms with Crippen LogP contribution in [0.15, 0.2) is 42.5 Å². The fraction of sp³-hybridized carbons (Fsp3) is 0.409. The number of urea groups is 1. The molecule has 2 heterocycles. The van der Waals surface area contributed by atoms with Crippen molar-refractivity contribution in [1.29, 1.82) is 0 Å². The Morgan fingerprint density at radius 1 is 0.967 bits per heavy atom. The van der Waals surface area contributed by atoms with Gasteiger partial charge >= 0.3 is 6.03 Å². The highest BCUT2D eigenvalue weighted by atomic mass is 19.1. The molecule has 3 atom stereocenters. The van der Waals surface area contributed by atoms with Gasteiger partial charge in [-0.2, -0.15) is 0 Å². The lowest BCUT2D eigenvalue weighted by molar-refractivity contribution is 0.123. The molecule has 2 aromatic carbocycles.